The van der Waals surface area contributed by atoms with Crippen LogP contribution in [0.5, 0.6) is 0 Å². The average molecular weight is 745 g/mol. The van der Waals surface area contributed by atoms with Gasteiger partial charge in [-0.1, -0.05) is 32.1 Å². The molecule has 52 heavy (non-hydrogen) atoms. The Morgan fingerprint density at radius 3 is 0.865 bits per heavy atom. The second-order valence-corrected chi connectivity index (χ2v) is 8.27. The van der Waals surface area contributed by atoms with E-state index in [9.17, 15) is 39.0 Å². The molecule has 0 saturated heterocycles. The normalized spacial score (nSPS) is 8.77. The molecule has 0 bridgehead atoms. The third kappa shape index (κ3) is 16.2. The van der Waals surface area contributed by atoms with Gasteiger partial charge in [-0.2, -0.15) is 0 Å². The van der Waals surface area contributed by atoms with Gasteiger partial charge in [0.25, 0.3) is 0 Å². The summed E-state index contributed by atoms with van der Waals surface area (Å²) >= 11 is 0. The number of hydrogen-bond donors (Lipinski definition) is 10. The Labute approximate surface area is 287 Å². The number of anilines is 6. The predicted molar refractivity (Wildman–Crippen MR) is 167 cm³/mol. The quantitative estimate of drug-likeness (QED) is 0.0876. The van der Waals surface area contributed by atoms with Gasteiger partial charge in [0.15, 0.2) is 0 Å². The molecule has 2 heterocycles. The van der Waals surface area contributed by atoms with Crippen LogP contribution in [0.1, 0.15) is 62.1 Å². The van der Waals surface area contributed by atoms with Crippen molar-refractivity contribution < 1.29 is 91.3 Å². The first kappa shape index (κ1) is 50.8. The van der Waals surface area contributed by atoms with E-state index in [1.54, 1.807) is 0 Å². The summed E-state index contributed by atoms with van der Waals surface area (Å²) in [4.78, 5) is 82.3. The summed E-state index contributed by atoms with van der Waals surface area (Å²) in [5, 5.41) is 55.3. The van der Waals surface area contributed by atoms with E-state index in [1.807, 2.05) is 0 Å². The molecule has 0 spiro atoms. The number of hydrogen-bond acceptors (Lipinski definition) is 18. The van der Waals surface area contributed by atoms with Crippen LogP contribution in [0.3, 0.4) is 0 Å². The molecule has 4 aromatic rings. The molecule has 0 unspecified atom stereocenters. The lowest BCUT2D eigenvalue weighted by Crippen LogP contribution is -2.23. The molecule has 0 fully saturated rings. The third-order valence-electron chi connectivity index (χ3n) is 4.88. The van der Waals surface area contributed by atoms with E-state index in [1.165, 1.54) is 0 Å². The summed E-state index contributed by atoms with van der Waals surface area (Å²) in [5.41, 5.74) is 28.2. The zero-order chi connectivity index (χ0) is 36.9. The Kier molecular flexibility index (Phi) is 22.0. The minimum absolute atomic E-state index is 0. The first-order valence-corrected chi connectivity index (χ1v) is 12.0. The molecule has 28 heteroatoms. The minimum atomic E-state index is -1.56. The number of rotatable bonds is 6. The van der Waals surface area contributed by atoms with Gasteiger partial charge < -0.3 is 96.5 Å². The number of nitrogens with one attached hydrogen (secondary N) is 2. The van der Waals surface area contributed by atoms with Gasteiger partial charge in [-0.3, -0.25) is 0 Å². The molecule has 284 valence electrons. The highest BCUT2D eigenvalue weighted by molar-refractivity contribution is 6.04. The molecule has 0 saturated carbocycles. The second kappa shape index (κ2) is 22.5. The molecular weight excluding hydrogens is 712 g/mol. The van der Waals surface area contributed by atoms with Crippen LogP contribution in [0.2, 0.25) is 0 Å². The zero-order valence-electron chi connectivity index (χ0n) is 25.8. The number of carbonyl (C=O) groups is 6. The molecule has 28 nitrogen and oxygen atoms in total. The number of carboxylic acid groups (broad SMARTS) is 6. The zero-order valence-corrected chi connectivity index (χ0v) is 25.8. The van der Waals surface area contributed by atoms with Crippen molar-refractivity contribution in [1.82, 2.24) is 19.9 Å². The Morgan fingerprint density at radius 2 is 0.692 bits per heavy atom. The van der Waals surface area contributed by atoms with E-state index in [2.05, 4.69) is 29.9 Å². The van der Waals surface area contributed by atoms with E-state index >= 15 is 0 Å². The number of H-pyrrole nitrogens is 2. The molecule has 0 atom stereocenters. The van der Waals surface area contributed by atoms with Gasteiger partial charge >= 0.3 is 59.6 Å². The fraction of sp³-hybridized carbons (Fsp3) is 0. The molecule has 2 aromatic carbocycles. The van der Waals surface area contributed by atoms with Crippen molar-refractivity contribution in [3.05, 3.63) is 69.8 Å². The number of nitrogen functional groups attached to an aromatic ring is 6. The Bertz CT molecular complexity index is 1660. The van der Waals surface area contributed by atoms with Crippen LogP contribution >= 0.6 is 0 Å². The maximum Gasteiger partial charge on any atom is 0.336 e. The summed E-state index contributed by atoms with van der Waals surface area (Å²) in [7, 11) is 0. The van der Waals surface area contributed by atoms with Crippen molar-refractivity contribution in [2.45, 2.75) is 0 Å². The predicted octanol–water partition coefficient (Wildman–Crippen LogP) is -8.33. The highest BCUT2D eigenvalue weighted by Crippen LogP contribution is 2.13. The van der Waals surface area contributed by atoms with Crippen LogP contribution in [0.25, 0.3) is 0 Å². The Morgan fingerprint density at radius 1 is 0.462 bits per heavy atom. The topological polar surface area (TPSA) is 591 Å². The lowest BCUT2D eigenvalue weighted by molar-refractivity contribution is -0.351. The number of nitrogens with two attached hydrogens (primary N) is 6. The van der Waals surface area contributed by atoms with Crippen LogP contribution in [0, 0.1) is 0 Å². The monoisotopic (exact) mass is 744 g/mol. The number of aromatic amines is 2. The van der Waals surface area contributed by atoms with Gasteiger partial charge in [0.2, 0.25) is 0 Å². The second-order valence-electron chi connectivity index (χ2n) is 8.27. The van der Waals surface area contributed by atoms with Crippen LogP contribution in [0.4, 0.5) is 35.7 Å². The van der Waals surface area contributed by atoms with Gasteiger partial charge in [-0.15, -0.1) is 0 Å². The van der Waals surface area contributed by atoms with E-state index in [4.69, 9.17) is 54.8 Å². The molecule has 0 amide bonds. The molecule has 26 N–H and O–H groups in total. The van der Waals surface area contributed by atoms with Crippen molar-refractivity contribution in [1.29, 1.82) is 0 Å². The number of aromatic carboxylic acids is 6. The van der Waals surface area contributed by atoms with Crippen LogP contribution in [-0.4, -0.2) is 98.1 Å². The fourth-order valence-electron chi connectivity index (χ4n) is 2.99. The lowest BCUT2D eigenvalue weighted by Gasteiger charge is -2.05. The van der Waals surface area contributed by atoms with E-state index < -0.39 is 58.1 Å². The van der Waals surface area contributed by atoms with Crippen molar-refractivity contribution in [2.24, 2.45) is 0 Å². The van der Waals surface area contributed by atoms with Gasteiger partial charge in [-0.25, -0.2) is 29.1 Å². The Balaban J connectivity index is -0.000000295. The summed E-state index contributed by atoms with van der Waals surface area (Å²) in [6, 6.07) is 5.28. The largest absolute Gasteiger partial charge is 0.545 e. The molecule has 0 aliphatic rings. The standard InChI is InChI=1S/2C9H6O6.2C3H6N6.4H2O/c2*10-7(11)4-1-2-5(8(12)13)6(3-4)9(14)15;2*4-1-7-2(5)9-3(6)8-1;;;;/h2*1-3H,(H,10,11)(H,12,13)(H,14,15);2*(H6,4,5,6,7,8,9);4*1H2. The van der Waals surface area contributed by atoms with Crippen molar-refractivity contribution in [3.8, 4) is 0 Å². The average Bonchev–Trinajstić information content (AvgIpc) is 2.95. The van der Waals surface area contributed by atoms with E-state index in [0.29, 0.717) is 0 Å². The molecule has 2 aromatic heterocycles. The van der Waals surface area contributed by atoms with Crippen molar-refractivity contribution in [3.63, 3.8) is 0 Å². The van der Waals surface area contributed by atoms with E-state index in [0.717, 1.165) is 36.4 Å². The maximum atomic E-state index is 10.6. The number of carbonyl (C=O) groups excluding carboxylic acids is 2. The molecular formula is C24H32N12O16. The summed E-state index contributed by atoms with van der Waals surface area (Å²) in [5.74, 6) is -8.18. The maximum absolute atomic E-state index is 10.6. The Hall–Kier alpha value is -8.08. The minimum Gasteiger partial charge on any atom is -0.545 e. The number of aromatic nitrogens is 6. The smallest absolute Gasteiger partial charge is 0.336 e. The highest BCUT2D eigenvalue weighted by atomic mass is 16.4. The van der Waals surface area contributed by atoms with Gasteiger partial charge in [0, 0.05) is 0 Å². The lowest BCUT2D eigenvalue weighted by atomic mass is 10.0. The van der Waals surface area contributed by atoms with Crippen LogP contribution in [-0.2, 0) is 0 Å². The number of benzene rings is 2. The molecule has 4 rings (SSSR count). The summed E-state index contributed by atoms with van der Waals surface area (Å²) < 4.78 is 0. The molecule has 0 aliphatic carbocycles. The number of nitrogens with zero attached hydrogens (tertiary/aromatic N) is 4. The number of carboxylic acids is 6. The highest BCUT2D eigenvalue weighted by Gasteiger charge is 2.17. The SMILES string of the molecule is Nc1nc(N)[nH+]c(N)n1.Nc1nc(N)[nH+]c(N)n1.O.O.O.O.O=C([O-])c1ccc(C(=O)O)c(C(=O)O)c1.O=C([O-])c1ccc(C(=O)O)c(C(=O)O)c1. The van der Waals surface area contributed by atoms with Crippen molar-refractivity contribution >= 4 is 71.5 Å². The first-order chi connectivity index (χ1) is 22.2. The van der Waals surface area contributed by atoms with Crippen LogP contribution in [0.15, 0.2) is 36.4 Å². The van der Waals surface area contributed by atoms with Gasteiger partial charge in [0.1, 0.15) is 0 Å². The summed E-state index contributed by atoms with van der Waals surface area (Å²) in [6.45, 7) is 0. The molecule has 0 radical (unpaired) electrons. The van der Waals surface area contributed by atoms with E-state index in [-0.39, 0.29) is 68.7 Å². The van der Waals surface area contributed by atoms with Crippen LogP contribution < -0.4 is 54.6 Å². The van der Waals surface area contributed by atoms with Crippen molar-refractivity contribution in [2.75, 3.05) is 34.4 Å². The summed E-state index contributed by atoms with van der Waals surface area (Å²) in [6.07, 6.45) is 0. The fourth-order valence-corrected chi connectivity index (χ4v) is 2.99. The first-order valence-electron chi connectivity index (χ1n) is 12.0. The van der Waals surface area contributed by atoms with Gasteiger partial charge in [0.05, 0.1) is 34.2 Å². The molecule has 0 aliphatic heterocycles. The third-order valence-corrected chi connectivity index (χ3v) is 4.88. The van der Waals surface area contributed by atoms with Gasteiger partial charge in [-0.05, 0) is 35.4 Å².